The Morgan fingerprint density at radius 3 is 2.50 bits per heavy atom. The van der Waals surface area contributed by atoms with Crippen LogP contribution in [0.15, 0.2) is 41.2 Å². The average Bonchev–Trinajstić information content (AvgIpc) is 3.69. The number of rotatable bonds is 11. The fraction of sp³-hybridized carbons (Fsp3) is 0.280. The van der Waals surface area contributed by atoms with E-state index in [0.717, 1.165) is 17.4 Å². The van der Waals surface area contributed by atoms with Crippen LogP contribution in [0.1, 0.15) is 35.7 Å². The molecule has 1 aliphatic rings. The second-order valence-electron chi connectivity index (χ2n) is 9.24. The molecular weight excluding hydrogens is 760 g/mol. The summed E-state index contributed by atoms with van der Waals surface area (Å²) in [7, 11) is -3.94. The van der Waals surface area contributed by atoms with Gasteiger partial charge in [-0.1, -0.05) is 24.6 Å². The monoisotopic (exact) mass is 785 g/mol. The molecule has 4 N–H and O–H groups in total. The summed E-state index contributed by atoms with van der Waals surface area (Å²) in [5.41, 5.74) is -0.976. The zero-order valence-electron chi connectivity index (χ0n) is 22.0. The van der Waals surface area contributed by atoms with E-state index in [4.69, 9.17) is 16.3 Å². The number of nitrogens with zero attached hydrogens (tertiary/aromatic N) is 1. The van der Waals surface area contributed by atoms with Gasteiger partial charge in [0.05, 0.1) is 16.9 Å². The lowest BCUT2D eigenvalue weighted by atomic mass is 10.1. The molecule has 0 unspecified atom stereocenters. The predicted octanol–water partition coefficient (Wildman–Crippen LogP) is 5.61. The summed E-state index contributed by atoms with van der Waals surface area (Å²) >= 11 is 21.5. The van der Waals surface area contributed by atoms with Crippen LogP contribution in [0.3, 0.4) is 0 Å². The molecule has 1 saturated carbocycles. The molecule has 1 fully saturated rings. The maximum Gasteiger partial charge on any atom is 0.299 e. The molecule has 42 heavy (non-hydrogen) atoms. The number of amides is 1. The number of pyridine rings is 1. The molecule has 2 aromatic carbocycles. The Labute approximate surface area is 277 Å². The molecule has 10 nitrogen and oxygen atoms in total. The number of hydrogen-bond acceptors (Lipinski definition) is 9. The van der Waals surface area contributed by atoms with Gasteiger partial charge in [-0.05, 0) is 72.7 Å². The minimum atomic E-state index is -3.94. The summed E-state index contributed by atoms with van der Waals surface area (Å²) in [6.07, 6.45) is 1.51. The highest BCUT2D eigenvalue weighted by molar-refractivity contribution is 14.1. The maximum absolute atomic E-state index is 15.0. The molecule has 226 valence electrons. The van der Waals surface area contributed by atoms with Gasteiger partial charge in [-0.2, -0.15) is 13.1 Å². The number of benzene rings is 2. The van der Waals surface area contributed by atoms with Crippen LogP contribution in [0, 0.1) is 16.3 Å². The van der Waals surface area contributed by atoms with Crippen LogP contribution in [0.2, 0.25) is 5.02 Å². The normalized spacial score (nSPS) is 13.5. The van der Waals surface area contributed by atoms with Crippen LogP contribution in [0.5, 0.6) is 11.5 Å². The summed E-state index contributed by atoms with van der Waals surface area (Å²) in [6.45, 7) is 3.17. The number of carbonyl (C=O) groups is 1. The van der Waals surface area contributed by atoms with Gasteiger partial charge in [-0.3, -0.25) is 18.9 Å². The zero-order chi connectivity index (χ0) is 31.0. The number of hydrogen-bond donors (Lipinski definition) is 7. The number of carbonyl (C=O) groups excluding carboxylic acids is 1. The fourth-order valence-electron chi connectivity index (χ4n) is 3.87. The van der Waals surface area contributed by atoms with Gasteiger partial charge in [0.25, 0.3) is 21.7 Å². The van der Waals surface area contributed by atoms with E-state index in [-0.39, 0.29) is 57.4 Å². The Hall–Kier alpha value is -1.83. The third-order valence-electron chi connectivity index (χ3n) is 5.93. The van der Waals surface area contributed by atoms with Crippen molar-refractivity contribution in [2.24, 2.45) is 0 Å². The third-order valence-corrected chi connectivity index (χ3v) is 8.75. The van der Waals surface area contributed by atoms with Crippen molar-refractivity contribution in [1.29, 1.82) is 0 Å². The van der Waals surface area contributed by atoms with Gasteiger partial charge in [-0.25, -0.2) is 4.39 Å². The zero-order valence-corrected chi connectivity index (χ0v) is 28.4. The smallest absolute Gasteiger partial charge is 0.299 e. The summed E-state index contributed by atoms with van der Waals surface area (Å²) < 4.78 is 50.2. The Balaban J connectivity index is 1.95. The molecule has 0 radical (unpaired) electrons. The largest absolute Gasteiger partial charge is 0.454 e. The highest BCUT2D eigenvalue weighted by Gasteiger charge is 2.35. The second-order valence-corrected chi connectivity index (χ2v) is 15.4. The van der Waals surface area contributed by atoms with Crippen molar-refractivity contribution in [3.8, 4) is 11.5 Å². The van der Waals surface area contributed by atoms with E-state index in [2.05, 4.69) is 58.0 Å². The topological polar surface area (TPSA) is 131 Å². The minimum absolute atomic E-state index is 0.00973. The Bertz CT molecular complexity index is 1710. The van der Waals surface area contributed by atoms with Gasteiger partial charge < -0.3 is 15.4 Å². The van der Waals surface area contributed by atoms with Gasteiger partial charge in [0.15, 0.2) is 9.28 Å². The molecular formula is C25H26ClFIN5O5S4. The van der Waals surface area contributed by atoms with Gasteiger partial charge >= 0.3 is 0 Å². The molecule has 3 aromatic rings. The number of aromatic nitrogens is 1. The van der Waals surface area contributed by atoms with Crippen LogP contribution < -0.4 is 30.4 Å². The van der Waals surface area contributed by atoms with Crippen LogP contribution in [0.25, 0.3) is 0 Å². The van der Waals surface area contributed by atoms with Crippen molar-refractivity contribution in [3.05, 3.63) is 72.3 Å². The van der Waals surface area contributed by atoms with Crippen LogP contribution >= 0.6 is 72.1 Å². The van der Waals surface area contributed by atoms with E-state index < -0.39 is 31.0 Å². The van der Waals surface area contributed by atoms with Gasteiger partial charge in [0, 0.05) is 16.2 Å². The van der Waals surface area contributed by atoms with Crippen molar-refractivity contribution in [2.75, 3.05) is 16.6 Å². The quantitative estimate of drug-likeness (QED) is 0.0770. The summed E-state index contributed by atoms with van der Waals surface area (Å²) in [5, 5.41) is 5.58. The standard InChI is InChI=1S/C25H26ClFIN5O5S4/c1-3-29-42(36,37)32-17-5-4-6-18(20(17)26)38-21-12(2)24(35)33(25(39,40)41)22(19(21)23(34)30-14-8-9-14)31-16-10-7-13(28)11-15(16)27/h4-7,10-11,14,29,31-32,39-41H,3,8-9H2,1-2H3,(H,30,34). The first kappa shape index (κ1) is 33.1. The second kappa shape index (κ2) is 13.0. The predicted molar refractivity (Wildman–Crippen MR) is 181 cm³/mol. The average molecular weight is 786 g/mol. The summed E-state index contributed by atoms with van der Waals surface area (Å²) in [5.74, 6) is -1.73. The molecule has 1 aromatic heterocycles. The van der Waals surface area contributed by atoms with Crippen LogP contribution in [0.4, 0.5) is 21.6 Å². The van der Waals surface area contributed by atoms with Crippen molar-refractivity contribution >= 4 is 105 Å². The molecule has 0 bridgehead atoms. The highest BCUT2D eigenvalue weighted by atomic mass is 127. The number of ether oxygens (including phenoxy) is 1. The summed E-state index contributed by atoms with van der Waals surface area (Å²) in [4.78, 5) is 27.5. The molecule has 0 atom stereocenters. The minimum Gasteiger partial charge on any atom is -0.454 e. The van der Waals surface area contributed by atoms with E-state index >= 15 is 4.39 Å². The molecule has 0 saturated heterocycles. The first-order chi connectivity index (χ1) is 19.6. The van der Waals surface area contributed by atoms with Gasteiger partial charge in [0.2, 0.25) is 0 Å². The number of nitrogens with one attached hydrogen (secondary N) is 4. The van der Waals surface area contributed by atoms with Gasteiger partial charge in [0.1, 0.15) is 28.0 Å². The van der Waals surface area contributed by atoms with E-state index in [1.165, 1.54) is 37.3 Å². The lowest BCUT2D eigenvalue weighted by Gasteiger charge is -2.28. The van der Waals surface area contributed by atoms with E-state index in [1.54, 1.807) is 13.0 Å². The third kappa shape index (κ3) is 7.62. The molecule has 0 aliphatic heterocycles. The van der Waals surface area contributed by atoms with Gasteiger partial charge in [-0.15, -0.1) is 37.9 Å². The molecule has 17 heteroatoms. The van der Waals surface area contributed by atoms with E-state index in [9.17, 15) is 18.0 Å². The molecule has 4 rings (SSSR count). The van der Waals surface area contributed by atoms with Crippen molar-refractivity contribution in [1.82, 2.24) is 14.6 Å². The molecule has 1 aliphatic carbocycles. The first-order valence-corrected chi connectivity index (χ1v) is 16.6. The van der Waals surface area contributed by atoms with Crippen molar-refractivity contribution in [3.63, 3.8) is 0 Å². The molecule has 1 amide bonds. The highest BCUT2D eigenvalue weighted by Crippen LogP contribution is 2.43. The SMILES string of the molecule is CCNS(=O)(=O)Nc1cccc(Oc2c(C(=O)NC3CC3)c(Nc3ccc(I)cc3F)n(C(S)(S)S)c(=O)c2C)c1Cl. The first-order valence-electron chi connectivity index (χ1n) is 12.4. The Morgan fingerprint density at radius 2 is 1.90 bits per heavy atom. The number of halogens is 3. The summed E-state index contributed by atoms with van der Waals surface area (Å²) in [6, 6.07) is 8.59. The lowest BCUT2D eigenvalue weighted by molar-refractivity contribution is 0.0948. The Morgan fingerprint density at radius 1 is 1.21 bits per heavy atom. The molecule has 1 heterocycles. The van der Waals surface area contributed by atoms with E-state index in [0.29, 0.717) is 3.57 Å². The van der Waals surface area contributed by atoms with E-state index in [1.807, 2.05) is 22.6 Å². The van der Waals surface area contributed by atoms with Crippen LogP contribution in [-0.4, -0.2) is 31.5 Å². The van der Waals surface area contributed by atoms with Crippen molar-refractivity contribution in [2.45, 2.75) is 36.3 Å². The fourth-order valence-corrected chi connectivity index (χ4v) is 6.07. The van der Waals surface area contributed by atoms with Crippen molar-refractivity contribution < 1.29 is 22.3 Å². The maximum atomic E-state index is 15.0. The Kier molecular flexibility index (Phi) is 10.3. The number of anilines is 3. The molecule has 0 spiro atoms. The lowest BCUT2D eigenvalue weighted by Crippen LogP contribution is -2.36. The number of thiol groups is 3. The van der Waals surface area contributed by atoms with Crippen LogP contribution in [-0.2, 0) is 13.7 Å².